The average molecular weight is 399 g/mol. The Labute approximate surface area is 151 Å². The van der Waals surface area contributed by atoms with Gasteiger partial charge in [0.2, 0.25) is 0 Å². The van der Waals surface area contributed by atoms with Crippen LogP contribution in [0.2, 0.25) is 5.02 Å². The summed E-state index contributed by atoms with van der Waals surface area (Å²) in [7, 11) is 0. The lowest BCUT2D eigenvalue weighted by Crippen LogP contribution is -2.12. The molecule has 23 heavy (non-hydrogen) atoms. The highest BCUT2D eigenvalue weighted by atomic mass is 79.9. The second-order valence-electron chi connectivity index (χ2n) is 5.03. The smallest absolute Gasteiger partial charge is 0.175 e. The lowest BCUT2D eigenvalue weighted by molar-refractivity contribution is 0.267. The van der Waals surface area contributed by atoms with Gasteiger partial charge in [-0.05, 0) is 64.8 Å². The zero-order chi connectivity index (χ0) is 16.7. The van der Waals surface area contributed by atoms with Gasteiger partial charge >= 0.3 is 0 Å². The molecule has 0 bridgehead atoms. The van der Waals surface area contributed by atoms with Crippen LogP contribution < -0.4 is 14.8 Å². The summed E-state index contributed by atoms with van der Waals surface area (Å²) in [6.07, 6.45) is 0. The van der Waals surface area contributed by atoms with E-state index in [2.05, 4.69) is 34.2 Å². The second kappa shape index (κ2) is 9.16. The molecule has 0 amide bonds. The van der Waals surface area contributed by atoms with Gasteiger partial charge in [-0.15, -0.1) is 0 Å². The number of ether oxygens (including phenoxy) is 2. The first-order valence-corrected chi connectivity index (χ1v) is 8.84. The van der Waals surface area contributed by atoms with E-state index >= 15 is 0 Å². The maximum Gasteiger partial charge on any atom is 0.175 e. The topological polar surface area (TPSA) is 30.5 Å². The number of halogens is 2. The highest BCUT2D eigenvalue weighted by Gasteiger charge is 2.12. The van der Waals surface area contributed by atoms with Crippen LogP contribution in [0, 0.1) is 0 Å². The summed E-state index contributed by atoms with van der Waals surface area (Å²) in [4.78, 5) is 0. The third kappa shape index (κ3) is 5.41. The zero-order valence-electron chi connectivity index (χ0n) is 13.4. The molecule has 0 aromatic heterocycles. The largest absolute Gasteiger partial charge is 0.490 e. The molecule has 0 atom stereocenters. The molecule has 124 valence electrons. The predicted molar refractivity (Wildman–Crippen MR) is 98.5 cm³/mol. The third-order valence-corrected chi connectivity index (χ3v) is 4.09. The van der Waals surface area contributed by atoms with Gasteiger partial charge in [0, 0.05) is 11.6 Å². The fraction of sp³-hybridized carbons (Fsp3) is 0.333. The van der Waals surface area contributed by atoms with E-state index in [1.165, 1.54) is 0 Å². The van der Waals surface area contributed by atoms with E-state index in [1.54, 1.807) is 0 Å². The first-order chi connectivity index (χ1) is 11.1. The molecule has 0 heterocycles. The Morgan fingerprint density at radius 3 is 2.43 bits per heavy atom. The molecule has 0 saturated carbocycles. The van der Waals surface area contributed by atoms with E-state index in [9.17, 15) is 0 Å². The molecule has 0 unspecified atom stereocenters. The Bertz CT molecular complexity index is 632. The fourth-order valence-corrected chi connectivity index (χ4v) is 2.86. The molecule has 0 aliphatic rings. The van der Waals surface area contributed by atoms with Crippen LogP contribution >= 0.6 is 27.5 Å². The molecule has 2 aromatic carbocycles. The van der Waals surface area contributed by atoms with Gasteiger partial charge in [-0.1, -0.05) is 30.7 Å². The van der Waals surface area contributed by atoms with Crippen molar-refractivity contribution in [3.8, 4) is 11.5 Å². The number of nitrogens with one attached hydrogen (secondary N) is 1. The highest BCUT2D eigenvalue weighted by Crippen LogP contribution is 2.37. The van der Waals surface area contributed by atoms with Crippen LogP contribution in [0.1, 0.15) is 25.0 Å². The normalized spacial score (nSPS) is 10.6. The minimum Gasteiger partial charge on any atom is -0.490 e. The van der Waals surface area contributed by atoms with Crippen LogP contribution in [0.3, 0.4) is 0 Å². The number of hydrogen-bond acceptors (Lipinski definition) is 3. The SMILES string of the molecule is CCNCc1cc(Br)c(OCc2ccc(Cl)cc2)c(OCC)c1. The molecule has 0 aliphatic carbocycles. The first-order valence-electron chi connectivity index (χ1n) is 7.67. The van der Waals surface area contributed by atoms with E-state index in [0.29, 0.717) is 13.2 Å². The van der Waals surface area contributed by atoms with E-state index in [0.717, 1.165) is 45.2 Å². The standard InChI is InChI=1S/C18H21BrClNO2/c1-3-21-11-14-9-16(19)18(17(10-14)22-4-2)23-12-13-5-7-15(20)8-6-13/h5-10,21H,3-4,11-12H2,1-2H3. The molecule has 0 aliphatic heterocycles. The molecule has 0 saturated heterocycles. The summed E-state index contributed by atoms with van der Waals surface area (Å²) in [6, 6.07) is 11.7. The Kier molecular flexibility index (Phi) is 7.21. The van der Waals surface area contributed by atoms with Crippen molar-refractivity contribution in [2.45, 2.75) is 27.0 Å². The van der Waals surface area contributed by atoms with Crippen molar-refractivity contribution < 1.29 is 9.47 Å². The van der Waals surface area contributed by atoms with Gasteiger partial charge in [-0.25, -0.2) is 0 Å². The van der Waals surface area contributed by atoms with Gasteiger partial charge in [-0.3, -0.25) is 0 Å². The lowest BCUT2D eigenvalue weighted by Gasteiger charge is -2.16. The summed E-state index contributed by atoms with van der Waals surface area (Å²) in [5, 5.41) is 4.03. The van der Waals surface area contributed by atoms with E-state index in [1.807, 2.05) is 37.3 Å². The molecule has 2 aromatic rings. The Balaban J connectivity index is 2.16. The second-order valence-corrected chi connectivity index (χ2v) is 6.32. The highest BCUT2D eigenvalue weighted by molar-refractivity contribution is 9.10. The number of hydrogen-bond donors (Lipinski definition) is 1. The van der Waals surface area contributed by atoms with Crippen molar-refractivity contribution in [1.29, 1.82) is 0 Å². The van der Waals surface area contributed by atoms with Gasteiger partial charge in [0.1, 0.15) is 6.61 Å². The third-order valence-electron chi connectivity index (χ3n) is 3.24. The van der Waals surface area contributed by atoms with Crippen molar-refractivity contribution in [3.05, 3.63) is 57.0 Å². The van der Waals surface area contributed by atoms with Crippen LogP contribution in [0.15, 0.2) is 40.9 Å². The quantitative estimate of drug-likeness (QED) is 0.664. The van der Waals surface area contributed by atoms with Crippen molar-refractivity contribution in [1.82, 2.24) is 5.32 Å². The van der Waals surface area contributed by atoms with Gasteiger partial charge < -0.3 is 14.8 Å². The Morgan fingerprint density at radius 1 is 1.04 bits per heavy atom. The first kappa shape index (κ1) is 18.1. The Hall–Kier alpha value is -1.23. The van der Waals surface area contributed by atoms with E-state index in [4.69, 9.17) is 21.1 Å². The number of benzene rings is 2. The summed E-state index contributed by atoms with van der Waals surface area (Å²) < 4.78 is 12.6. The van der Waals surface area contributed by atoms with Gasteiger partial charge in [0.05, 0.1) is 11.1 Å². The predicted octanol–water partition coefficient (Wildman–Crippen LogP) is 5.19. The van der Waals surface area contributed by atoms with Gasteiger partial charge in [0.15, 0.2) is 11.5 Å². The maximum absolute atomic E-state index is 5.97. The van der Waals surface area contributed by atoms with Crippen LogP contribution in [0.5, 0.6) is 11.5 Å². The summed E-state index contributed by atoms with van der Waals surface area (Å²) >= 11 is 9.50. The van der Waals surface area contributed by atoms with Crippen LogP contribution in [-0.4, -0.2) is 13.2 Å². The van der Waals surface area contributed by atoms with Crippen LogP contribution in [0.25, 0.3) is 0 Å². The molecular weight excluding hydrogens is 378 g/mol. The summed E-state index contributed by atoms with van der Waals surface area (Å²) in [6.45, 7) is 6.83. The molecule has 5 heteroatoms. The molecule has 0 radical (unpaired) electrons. The molecule has 1 N–H and O–H groups in total. The fourth-order valence-electron chi connectivity index (χ4n) is 2.13. The minimum absolute atomic E-state index is 0.461. The van der Waals surface area contributed by atoms with Gasteiger partial charge in [0.25, 0.3) is 0 Å². The van der Waals surface area contributed by atoms with Crippen molar-refractivity contribution in [3.63, 3.8) is 0 Å². The summed E-state index contributed by atoms with van der Waals surface area (Å²) in [5.41, 5.74) is 2.21. The van der Waals surface area contributed by atoms with E-state index in [-0.39, 0.29) is 0 Å². The monoisotopic (exact) mass is 397 g/mol. The lowest BCUT2D eigenvalue weighted by atomic mass is 10.2. The van der Waals surface area contributed by atoms with Crippen molar-refractivity contribution >= 4 is 27.5 Å². The molecular formula is C18H21BrClNO2. The van der Waals surface area contributed by atoms with E-state index < -0.39 is 0 Å². The molecule has 3 nitrogen and oxygen atoms in total. The van der Waals surface area contributed by atoms with Crippen LogP contribution in [0.4, 0.5) is 0 Å². The maximum atomic E-state index is 5.97. The minimum atomic E-state index is 0.461. The van der Waals surface area contributed by atoms with Gasteiger partial charge in [-0.2, -0.15) is 0 Å². The number of rotatable bonds is 8. The van der Waals surface area contributed by atoms with Crippen molar-refractivity contribution in [2.75, 3.05) is 13.2 Å². The summed E-state index contributed by atoms with van der Waals surface area (Å²) in [5.74, 6) is 1.48. The zero-order valence-corrected chi connectivity index (χ0v) is 15.7. The Morgan fingerprint density at radius 2 is 1.78 bits per heavy atom. The van der Waals surface area contributed by atoms with Crippen molar-refractivity contribution in [2.24, 2.45) is 0 Å². The molecule has 2 rings (SSSR count). The molecule has 0 fully saturated rings. The van der Waals surface area contributed by atoms with Crippen LogP contribution in [-0.2, 0) is 13.2 Å². The molecule has 0 spiro atoms. The average Bonchev–Trinajstić information content (AvgIpc) is 2.54.